The predicted octanol–water partition coefficient (Wildman–Crippen LogP) is 2.31. The second kappa shape index (κ2) is 5.71. The summed E-state index contributed by atoms with van der Waals surface area (Å²) in [6.45, 7) is 7.48. The third-order valence-electron chi connectivity index (χ3n) is 3.02. The Morgan fingerprint density at radius 3 is 2.47 bits per heavy atom. The number of aromatic hydroxyl groups is 1. The lowest BCUT2D eigenvalue weighted by Gasteiger charge is -2.14. The number of aromatic nitrogens is 1. The molecule has 3 nitrogen and oxygen atoms in total. The fraction of sp³-hybridized carbons (Fsp3) is 0.133. The maximum Gasteiger partial charge on any atom is 0.230 e. The van der Waals surface area contributed by atoms with Crippen molar-refractivity contribution in [1.82, 2.24) is 4.98 Å². The summed E-state index contributed by atoms with van der Waals surface area (Å²) in [6.07, 6.45) is 3.65. The summed E-state index contributed by atoms with van der Waals surface area (Å²) in [6, 6.07) is 8.77. The highest BCUT2D eigenvalue weighted by Crippen LogP contribution is 2.12. The zero-order chi connectivity index (χ0) is 13.8. The Hall–Kier alpha value is -2.07. The highest BCUT2D eigenvalue weighted by atomic mass is 28.3. The average Bonchev–Trinajstić information content (AvgIpc) is 2.43. The van der Waals surface area contributed by atoms with Crippen LogP contribution >= 0.6 is 0 Å². The predicted molar refractivity (Wildman–Crippen MR) is 81.6 cm³/mol. The molecular weight excluding hydrogens is 254 g/mol. The van der Waals surface area contributed by atoms with Gasteiger partial charge in [-0.15, -0.1) is 13.2 Å². The summed E-state index contributed by atoms with van der Waals surface area (Å²) < 4.78 is 0. The Morgan fingerprint density at radius 2 is 1.84 bits per heavy atom. The molecule has 1 aromatic heterocycles. The van der Waals surface area contributed by atoms with E-state index in [0.29, 0.717) is 10.7 Å². The van der Waals surface area contributed by atoms with Gasteiger partial charge in [-0.25, -0.2) is 0 Å². The molecule has 0 atom stereocenters. The number of rotatable bonds is 5. The van der Waals surface area contributed by atoms with Crippen molar-refractivity contribution in [2.75, 3.05) is 0 Å². The van der Waals surface area contributed by atoms with Gasteiger partial charge in [-0.05, 0) is 24.2 Å². The van der Waals surface area contributed by atoms with Gasteiger partial charge in [0.15, 0.2) is 5.75 Å². The van der Waals surface area contributed by atoms with E-state index in [9.17, 15) is 9.90 Å². The summed E-state index contributed by atoms with van der Waals surface area (Å²) in [4.78, 5) is 15.4. The number of para-hydroxylation sites is 1. The quantitative estimate of drug-likeness (QED) is 0.647. The molecule has 1 aromatic carbocycles. The van der Waals surface area contributed by atoms with Crippen molar-refractivity contribution in [3.05, 3.63) is 59.8 Å². The van der Waals surface area contributed by atoms with E-state index in [-0.39, 0.29) is 11.2 Å². The summed E-state index contributed by atoms with van der Waals surface area (Å²) >= 11 is 0. The number of aromatic amines is 1. The molecule has 2 rings (SSSR count). The highest BCUT2D eigenvalue weighted by molar-refractivity contribution is 6.74. The van der Waals surface area contributed by atoms with E-state index in [1.807, 2.05) is 24.3 Å². The second-order valence-corrected chi connectivity index (χ2v) is 6.84. The van der Waals surface area contributed by atoms with Crippen LogP contribution < -0.4 is 10.7 Å². The van der Waals surface area contributed by atoms with Gasteiger partial charge in [0.05, 0.1) is 0 Å². The van der Waals surface area contributed by atoms with Crippen LogP contribution in [0.1, 0.15) is 0 Å². The number of H-pyrrole nitrogens is 1. The van der Waals surface area contributed by atoms with Crippen LogP contribution in [-0.2, 0) is 0 Å². The van der Waals surface area contributed by atoms with Gasteiger partial charge >= 0.3 is 0 Å². The highest BCUT2D eigenvalue weighted by Gasteiger charge is 2.19. The lowest BCUT2D eigenvalue weighted by atomic mass is 10.2. The maximum absolute atomic E-state index is 12.2. The first kappa shape index (κ1) is 13.4. The Bertz CT molecular complexity index is 665. The monoisotopic (exact) mass is 270 g/mol. The van der Waals surface area contributed by atoms with Crippen LogP contribution in [0.2, 0.25) is 12.1 Å². The molecule has 0 bridgehead atoms. The molecule has 0 spiro atoms. The number of nitrogens with one attached hydrogen (secondary N) is 1. The number of benzene rings is 1. The molecule has 4 heteroatoms. The molecule has 0 aliphatic heterocycles. The number of fused-ring (bicyclic) bond motifs is 1. The number of pyridine rings is 1. The average molecular weight is 270 g/mol. The third-order valence-corrected chi connectivity index (χ3v) is 5.65. The normalized spacial score (nSPS) is 10.8. The molecule has 2 N–H and O–H groups in total. The first-order valence-corrected chi connectivity index (χ1v) is 8.01. The second-order valence-electron chi connectivity index (χ2n) is 4.31. The third kappa shape index (κ3) is 2.53. The van der Waals surface area contributed by atoms with Crippen molar-refractivity contribution in [2.45, 2.75) is 12.1 Å². The van der Waals surface area contributed by atoms with Crippen LogP contribution in [0.3, 0.4) is 0 Å². The Labute approximate surface area is 113 Å². The first-order chi connectivity index (χ1) is 9.19. The van der Waals surface area contributed by atoms with Crippen molar-refractivity contribution in [1.29, 1.82) is 0 Å². The minimum absolute atomic E-state index is 0.156. The van der Waals surface area contributed by atoms with E-state index in [0.717, 1.165) is 17.6 Å². The van der Waals surface area contributed by atoms with Crippen molar-refractivity contribution in [2.24, 2.45) is 0 Å². The van der Waals surface area contributed by atoms with E-state index < -0.39 is 8.80 Å². The van der Waals surface area contributed by atoms with Crippen LogP contribution in [0.4, 0.5) is 0 Å². The summed E-state index contributed by atoms with van der Waals surface area (Å²) in [7, 11) is -1.11. The minimum atomic E-state index is -1.11. The molecule has 2 aromatic rings. The first-order valence-electron chi connectivity index (χ1n) is 6.10. The standard InChI is InChI=1S/C15H16NO2Si/c1-3-9-19(10-4-2)15-14(18)13(17)11-7-5-6-8-12(11)16-15/h3-8,18H,1-2,9-10H2,(H,16,17). The van der Waals surface area contributed by atoms with Gasteiger partial charge in [0.1, 0.15) is 8.80 Å². The molecular formula is C15H16NO2Si. The summed E-state index contributed by atoms with van der Waals surface area (Å²) in [5.41, 5.74) is 0.455. The molecule has 1 radical (unpaired) electrons. The van der Waals surface area contributed by atoms with Gasteiger partial charge in [-0.2, -0.15) is 0 Å². The van der Waals surface area contributed by atoms with E-state index in [1.54, 1.807) is 12.1 Å². The van der Waals surface area contributed by atoms with Crippen LogP contribution in [0.15, 0.2) is 54.4 Å². The molecule has 0 aliphatic carbocycles. The Kier molecular flexibility index (Phi) is 4.02. The largest absolute Gasteiger partial charge is 0.503 e. The molecule has 97 valence electrons. The van der Waals surface area contributed by atoms with Gasteiger partial charge in [-0.1, -0.05) is 24.3 Å². The molecule has 1 heterocycles. The van der Waals surface area contributed by atoms with Crippen LogP contribution in [0, 0.1) is 0 Å². The van der Waals surface area contributed by atoms with E-state index >= 15 is 0 Å². The van der Waals surface area contributed by atoms with Crippen LogP contribution in [0.5, 0.6) is 5.75 Å². The smallest absolute Gasteiger partial charge is 0.230 e. The fourth-order valence-corrected chi connectivity index (χ4v) is 4.15. The Morgan fingerprint density at radius 1 is 1.21 bits per heavy atom. The zero-order valence-corrected chi connectivity index (χ0v) is 11.6. The zero-order valence-electron chi connectivity index (χ0n) is 10.6. The fourth-order valence-electron chi connectivity index (χ4n) is 2.12. The number of allylic oxidation sites excluding steroid dienone is 2. The maximum atomic E-state index is 12.2. The molecule has 0 saturated carbocycles. The molecule has 0 aliphatic rings. The molecule has 0 fully saturated rings. The molecule has 0 unspecified atom stereocenters. The van der Waals surface area contributed by atoms with E-state index in [4.69, 9.17) is 0 Å². The van der Waals surface area contributed by atoms with Crippen molar-refractivity contribution in [3.63, 3.8) is 0 Å². The molecule has 19 heavy (non-hydrogen) atoms. The van der Waals surface area contributed by atoms with Crippen molar-refractivity contribution in [3.8, 4) is 5.75 Å². The van der Waals surface area contributed by atoms with Crippen molar-refractivity contribution >= 4 is 25.0 Å². The van der Waals surface area contributed by atoms with E-state index in [1.165, 1.54) is 0 Å². The molecule has 0 amide bonds. The lowest BCUT2D eigenvalue weighted by Crippen LogP contribution is -2.34. The van der Waals surface area contributed by atoms with Crippen LogP contribution in [-0.4, -0.2) is 18.9 Å². The van der Waals surface area contributed by atoms with Gasteiger partial charge in [0.25, 0.3) is 0 Å². The number of hydrogen-bond acceptors (Lipinski definition) is 2. The number of hydrogen-bond donors (Lipinski definition) is 2. The minimum Gasteiger partial charge on any atom is -0.503 e. The van der Waals surface area contributed by atoms with Crippen molar-refractivity contribution < 1.29 is 5.11 Å². The van der Waals surface area contributed by atoms with Gasteiger partial charge in [-0.3, -0.25) is 4.79 Å². The van der Waals surface area contributed by atoms with Gasteiger partial charge in [0.2, 0.25) is 5.43 Å². The lowest BCUT2D eigenvalue weighted by molar-refractivity contribution is 0.473. The SMILES string of the molecule is C=CC[Si](CC=C)c1[nH]c2ccccc2c(=O)c1O. The van der Waals surface area contributed by atoms with E-state index in [2.05, 4.69) is 18.1 Å². The summed E-state index contributed by atoms with van der Waals surface area (Å²) in [5.74, 6) is -0.156. The topological polar surface area (TPSA) is 53.1 Å². The van der Waals surface area contributed by atoms with Gasteiger partial charge in [0, 0.05) is 16.2 Å². The van der Waals surface area contributed by atoms with Gasteiger partial charge < -0.3 is 10.1 Å². The molecule has 0 saturated heterocycles. The van der Waals surface area contributed by atoms with Crippen LogP contribution in [0.25, 0.3) is 10.9 Å². The summed E-state index contributed by atoms with van der Waals surface area (Å²) in [5, 5.41) is 11.3. The Balaban J connectivity index is 2.65.